The van der Waals surface area contributed by atoms with Crippen LogP contribution in [0.4, 0.5) is 10.1 Å². The number of sulfonamides is 1. The second-order valence-corrected chi connectivity index (χ2v) is 9.06. The van der Waals surface area contributed by atoms with Crippen LogP contribution in [0.5, 0.6) is 0 Å². The molecule has 2 aliphatic rings. The van der Waals surface area contributed by atoms with Crippen molar-refractivity contribution in [3.8, 4) is 0 Å². The first-order valence-electron chi connectivity index (χ1n) is 9.10. The van der Waals surface area contributed by atoms with Gasteiger partial charge in [0.25, 0.3) is 5.91 Å². The summed E-state index contributed by atoms with van der Waals surface area (Å²) in [6.45, 7) is 0.704. The quantitative estimate of drug-likeness (QED) is 0.791. The third-order valence-electron chi connectivity index (χ3n) is 5.05. The van der Waals surface area contributed by atoms with Gasteiger partial charge in [-0.15, -0.1) is 0 Å². The van der Waals surface area contributed by atoms with Crippen molar-refractivity contribution in [3.63, 3.8) is 0 Å². The molecule has 0 unspecified atom stereocenters. The van der Waals surface area contributed by atoms with Crippen LogP contribution >= 0.6 is 0 Å². The van der Waals surface area contributed by atoms with Gasteiger partial charge in [0.15, 0.2) is 0 Å². The van der Waals surface area contributed by atoms with Crippen molar-refractivity contribution in [1.29, 1.82) is 0 Å². The number of nitrogens with zero attached hydrogens (tertiary/aromatic N) is 2. The average Bonchev–Trinajstić information content (AvgIpc) is 3.43. The first-order valence-corrected chi connectivity index (χ1v) is 10.7. The molecule has 2 aromatic rings. The van der Waals surface area contributed by atoms with E-state index in [1.54, 1.807) is 47.4 Å². The minimum absolute atomic E-state index is 0.135. The minimum Gasteiger partial charge on any atom is -0.331 e. The maximum atomic E-state index is 14.0. The predicted molar refractivity (Wildman–Crippen MR) is 101 cm³/mol. The predicted octanol–water partition coefficient (Wildman–Crippen LogP) is 3.17. The highest BCUT2D eigenvalue weighted by Gasteiger charge is 2.34. The lowest BCUT2D eigenvalue weighted by Crippen LogP contribution is -2.33. The summed E-state index contributed by atoms with van der Waals surface area (Å²) in [4.78, 5) is 14.7. The van der Waals surface area contributed by atoms with Gasteiger partial charge in [0.2, 0.25) is 10.0 Å². The molecule has 27 heavy (non-hydrogen) atoms. The van der Waals surface area contributed by atoms with E-state index < -0.39 is 10.0 Å². The largest absolute Gasteiger partial charge is 0.331 e. The molecule has 1 aliphatic heterocycles. The Morgan fingerprint density at radius 2 is 1.81 bits per heavy atom. The summed E-state index contributed by atoms with van der Waals surface area (Å²) in [5, 5.41) is 0. The SMILES string of the molecule is O=C(c1ccc(N2CCCS2(=O)=O)cc1)N(Cc1ccccc1F)C1CC1. The number of halogens is 1. The lowest BCUT2D eigenvalue weighted by Gasteiger charge is -2.23. The van der Waals surface area contributed by atoms with Gasteiger partial charge < -0.3 is 4.90 Å². The van der Waals surface area contributed by atoms with Gasteiger partial charge in [0.05, 0.1) is 11.4 Å². The van der Waals surface area contributed by atoms with Crippen molar-refractivity contribution < 1.29 is 17.6 Å². The van der Waals surface area contributed by atoms with Gasteiger partial charge in [0.1, 0.15) is 5.82 Å². The zero-order valence-electron chi connectivity index (χ0n) is 14.8. The highest BCUT2D eigenvalue weighted by atomic mass is 32.2. The van der Waals surface area contributed by atoms with Gasteiger partial charge in [-0.1, -0.05) is 18.2 Å². The Labute approximate surface area is 158 Å². The summed E-state index contributed by atoms with van der Waals surface area (Å²) in [5.41, 5.74) is 1.56. The molecular weight excluding hydrogens is 367 g/mol. The monoisotopic (exact) mass is 388 g/mol. The summed E-state index contributed by atoms with van der Waals surface area (Å²) in [7, 11) is -3.24. The number of benzene rings is 2. The van der Waals surface area contributed by atoms with E-state index in [0.717, 1.165) is 12.8 Å². The maximum Gasteiger partial charge on any atom is 0.254 e. The van der Waals surface area contributed by atoms with Gasteiger partial charge in [-0.2, -0.15) is 0 Å². The molecule has 0 aromatic heterocycles. The second-order valence-electron chi connectivity index (χ2n) is 7.04. The highest BCUT2D eigenvalue weighted by molar-refractivity contribution is 7.93. The molecule has 0 atom stereocenters. The van der Waals surface area contributed by atoms with Crippen LogP contribution in [0.3, 0.4) is 0 Å². The number of rotatable bonds is 5. The topological polar surface area (TPSA) is 57.7 Å². The molecule has 0 radical (unpaired) electrons. The fourth-order valence-corrected chi connectivity index (χ4v) is 4.99. The lowest BCUT2D eigenvalue weighted by atomic mass is 10.1. The van der Waals surface area contributed by atoms with E-state index in [0.29, 0.717) is 29.8 Å². The molecule has 7 heteroatoms. The van der Waals surface area contributed by atoms with Crippen molar-refractivity contribution >= 4 is 21.6 Å². The van der Waals surface area contributed by atoms with Crippen molar-refractivity contribution in [2.75, 3.05) is 16.6 Å². The van der Waals surface area contributed by atoms with E-state index in [9.17, 15) is 17.6 Å². The molecule has 1 saturated heterocycles. The van der Waals surface area contributed by atoms with E-state index in [4.69, 9.17) is 0 Å². The number of anilines is 1. The Bertz CT molecular complexity index is 955. The smallest absolute Gasteiger partial charge is 0.254 e. The van der Waals surface area contributed by atoms with Gasteiger partial charge >= 0.3 is 0 Å². The molecule has 2 aromatic carbocycles. The number of hydrogen-bond donors (Lipinski definition) is 0. The molecule has 1 heterocycles. The van der Waals surface area contributed by atoms with Crippen molar-refractivity contribution in [3.05, 3.63) is 65.5 Å². The lowest BCUT2D eigenvalue weighted by molar-refractivity contribution is 0.0728. The van der Waals surface area contributed by atoms with Crippen LogP contribution in [0.15, 0.2) is 48.5 Å². The van der Waals surface area contributed by atoms with Crippen molar-refractivity contribution in [2.24, 2.45) is 0 Å². The third-order valence-corrected chi connectivity index (χ3v) is 6.92. The summed E-state index contributed by atoms with van der Waals surface area (Å²) in [5.74, 6) is -0.312. The van der Waals surface area contributed by atoms with Crippen LogP contribution in [0.1, 0.15) is 35.2 Å². The maximum absolute atomic E-state index is 14.0. The molecule has 0 spiro atoms. The van der Waals surface area contributed by atoms with Crippen LogP contribution in [-0.2, 0) is 16.6 Å². The Hall–Kier alpha value is -2.41. The van der Waals surface area contributed by atoms with E-state index in [2.05, 4.69) is 0 Å². The molecule has 5 nitrogen and oxygen atoms in total. The van der Waals surface area contributed by atoms with Crippen LogP contribution < -0.4 is 4.31 Å². The molecule has 1 aliphatic carbocycles. The van der Waals surface area contributed by atoms with Crippen LogP contribution in [0.25, 0.3) is 0 Å². The molecular formula is C20H21FN2O3S. The van der Waals surface area contributed by atoms with E-state index in [1.165, 1.54) is 10.4 Å². The molecule has 1 saturated carbocycles. The van der Waals surface area contributed by atoms with E-state index >= 15 is 0 Å². The van der Waals surface area contributed by atoms with Gasteiger partial charge in [-0.3, -0.25) is 9.10 Å². The Morgan fingerprint density at radius 3 is 2.41 bits per heavy atom. The zero-order chi connectivity index (χ0) is 19.0. The highest BCUT2D eigenvalue weighted by Crippen LogP contribution is 2.31. The Kier molecular flexibility index (Phi) is 4.63. The van der Waals surface area contributed by atoms with Crippen LogP contribution in [-0.4, -0.2) is 37.6 Å². The van der Waals surface area contributed by atoms with Gasteiger partial charge in [-0.25, -0.2) is 12.8 Å². The van der Waals surface area contributed by atoms with Crippen molar-refractivity contribution in [1.82, 2.24) is 4.90 Å². The standard InChI is InChI=1S/C20H21FN2O3S/c21-19-5-2-1-4-16(19)14-22(17-10-11-17)20(24)15-6-8-18(9-7-15)23-12-3-13-27(23,25)26/h1-2,4-9,17H,3,10-14H2. The summed E-state index contributed by atoms with van der Waals surface area (Å²) in [6, 6.07) is 13.3. The summed E-state index contributed by atoms with van der Waals surface area (Å²) >= 11 is 0. The molecule has 4 rings (SSSR count). The van der Waals surface area contributed by atoms with Gasteiger partial charge in [0, 0.05) is 30.3 Å². The number of amides is 1. The van der Waals surface area contributed by atoms with E-state index in [1.807, 2.05) is 0 Å². The second kappa shape index (κ2) is 6.96. The fourth-order valence-electron chi connectivity index (χ4n) is 3.43. The van der Waals surface area contributed by atoms with E-state index in [-0.39, 0.29) is 30.1 Å². The first-order chi connectivity index (χ1) is 13.0. The Balaban J connectivity index is 1.54. The Morgan fingerprint density at radius 1 is 1.11 bits per heavy atom. The number of hydrogen-bond acceptors (Lipinski definition) is 3. The molecule has 2 fully saturated rings. The molecule has 1 amide bonds. The average molecular weight is 388 g/mol. The van der Waals surface area contributed by atoms with Crippen LogP contribution in [0, 0.1) is 5.82 Å². The minimum atomic E-state index is -3.24. The number of carbonyl (C=O) groups excluding carboxylic acids is 1. The van der Waals surface area contributed by atoms with Gasteiger partial charge in [-0.05, 0) is 49.6 Å². The molecule has 0 bridgehead atoms. The summed E-state index contributed by atoms with van der Waals surface area (Å²) in [6.07, 6.45) is 2.45. The first kappa shape index (κ1) is 18.0. The van der Waals surface area contributed by atoms with Crippen LogP contribution in [0.2, 0.25) is 0 Å². The fraction of sp³-hybridized carbons (Fsp3) is 0.350. The van der Waals surface area contributed by atoms with Crippen molar-refractivity contribution in [2.45, 2.75) is 31.8 Å². The molecule has 0 N–H and O–H groups in total. The molecule has 142 valence electrons. The number of carbonyl (C=O) groups is 1. The zero-order valence-corrected chi connectivity index (χ0v) is 15.7. The normalized spacial score (nSPS) is 18.5. The third kappa shape index (κ3) is 3.69. The summed E-state index contributed by atoms with van der Waals surface area (Å²) < 4.78 is 39.5.